The zero-order valence-electron chi connectivity index (χ0n) is 6.84. The molecule has 0 aliphatic heterocycles. The van der Waals surface area contributed by atoms with Crippen LogP contribution < -0.4 is 5.73 Å². The molecule has 1 amide bonds. The minimum atomic E-state index is -0.320. The van der Waals surface area contributed by atoms with Gasteiger partial charge in [0.2, 0.25) is 5.91 Å². The molecule has 0 spiro atoms. The Balaban J connectivity index is 2.69. The third-order valence-electron chi connectivity index (χ3n) is 1.61. The van der Waals surface area contributed by atoms with Crippen molar-refractivity contribution in [3.05, 3.63) is 33.4 Å². The zero-order valence-corrected chi connectivity index (χ0v) is 10.6. The summed E-state index contributed by atoms with van der Waals surface area (Å²) in [5, 5.41) is 0. The SMILES string of the molecule is NC(=O)C(Br)Cc1cccc(I)c1. The van der Waals surface area contributed by atoms with Crippen LogP contribution in [0.1, 0.15) is 5.56 Å². The van der Waals surface area contributed by atoms with Crippen molar-refractivity contribution in [3.8, 4) is 0 Å². The Kier molecular flexibility index (Phi) is 4.18. The highest BCUT2D eigenvalue weighted by molar-refractivity contribution is 14.1. The Morgan fingerprint density at radius 2 is 2.31 bits per heavy atom. The van der Waals surface area contributed by atoms with E-state index < -0.39 is 0 Å². The molecule has 2 nitrogen and oxygen atoms in total. The summed E-state index contributed by atoms with van der Waals surface area (Å²) >= 11 is 5.46. The Morgan fingerprint density at radius 3 is 2.85 bits per heavy atom. The molecule has 4 heteroatoms. The maximum atomic E-state index is 10.8. The van der Waals surface area contributed by atoms with E-state index in [-0.39, 0.29) is 10.7 Å². The second kappa shape index (κ2) is 4.95. The maximum absolute atomic E-state index is 10.8. The van der Waals surface area contributed by atoms with Crippen LogP contribution in [0.2, 0.25) is 0 Å². The molecule has 0 heterocycles. The lowest BCUT2D eigenvalue weighted by Crippen LogP contribution is -2.24. The summed E-state index contributed by atoms with van der Waals surface area (Å²) in [5.41, 5.74) is 6.25. The van der Waals surface area contributed by atoms with Gasteiger partial charge in [-0.3, -0.25) is 4.79 Å². The average molecular weight is 354 g/mol. The van der Waals surface area contributed by atoms with Crippen LogP contribution in [0.25, 0.3) is 0 Å². The molecule has 0 radical (unpaired) electrons. The molecule has 0 fully saturated rings. The molecule has 0 aliphatic rings. The fraction of sp³-hybridized carbons (Fsp3) is 0.222. The second-order valence-corrected chi connectivity index (χ2v) is 5.05. The van der Waals surface area contributed by atoms with Gasteiger partial charge < -0.3 is 5.73 Å². The molecule has 1 atom stereocenters. The normalized spacial score (nSPS) is 12.5. The van der Waals surface area contributed by atoms with Crippen molar-refractivity contribution < 1.29 is 4.79 Å². The fourth-order valence-corrected chi connectivity index (χ4v) is 1.95. The third kappa shape index (κ3) is 3.64. The number of benzene rings is 1. The standard InChI is InChI=1S/C9H9BrINO/c10-8(9(12)13)5-6-2-1-3-7(11)4-6/h1-4,8H,5H2,(H2,12,13). The van der Waals surface area contributed by atoms with Crippen molar-refractivity contribution in [2.24, 2.45) is 5.73 Å². The molecule has 0 aliphatic carbocycles. The van der Waals surface area contributed by atoms with Gasteiger partial charge in [0, 0.05) is 3.57 Å². The number of alkyl halides is 1. The number of hydrogen-bond donors (Lipinski definition) is 1. The molecule has 13 heavy (non-hydrogen) atoms. The van der Waals surface area contributed by atoms with Crippen molar-refractivity contribution in [1.82, 2.24) is 0 Å². The largest absolute Gasteiger partial charge is 0.369 e. The average Bonchev–Trinajstić information content (AvgIpc) is 2.04. The fourth-order valence-electron chi connectivity index (χ4n) is 0.971. The number of amides is 1. The van der Waals surface area contributed by atoms with Crippen molar-refractivity contribution in [3.63, 3.8) is 0 Å². The number of nitrogens with two attached hydrogens (primary N) is 1. The predicted octanol–water partition coefficient (Wildman–Crippen LogP) is 2.08. The first-order valence-corrected chi connectivity index (χ1v) is 5.77. The van der Waals surface area contributed by atoms with Crippen LogP contribution in [0.5, 0.6) is 0 Å². The zero-order chi connectivity index (χ0) is 9.84. The van der Waals surface area contributed by atoms with Crippen LogP contribution in [-0.4, -0.2) is 10.7 Å². The molecular formula is C9H9BrINO. The molecule has 0 aromatic heterocycles. The Labute approximate surface area is 99.2 Å². The first kappa shape index (κ1) is 11.0. The maximum Gasteiger partial charge on any atom is 0.231 e. The van der Waals surface area contributed by atoms with E-state index >= 15 is 0 Å². The predicted molar refractivity (Wildman–Crippen MR) is 64.8 cm³/mol. The topological polar surface area (TPSA) is 43.1 Å². The van der Waals surface area contributed by atoms with Gasteiger partial charge in [-0.2, -0.15) is 0 Å². The summed E-state index contributed by atoms with van der Waals surface area (Å²) in [6.45, 7) is 0. The highest BCUT2D eigenvalue weighted by Gasteiger charge is 2.10. The minimum absolute atomic E-state index is 0.273. The summed E-state index contributed by atoms with van der Waals surface area (Å²) < 4.78 is 1.17. The van der Waals surface area contributed by atoms with E-state index in [0.29, 0.717) is 6.42 Å². The monoisotopic (exact) mass is 353 g/mol. The van der Waals surface area contributed by atoms with Gasteiger partial charge in [0.1, 0.15) is 0 Å². The summed E-state index contributed by atoms with van der Waals surface area (Å²) in [6.07, 6.45) is 0.645. The van der Waals surface area contributed by atoms with Gasteiger partial charge in [-0.05, 0) is 46.7 Å². The molecular weight excluding hydrogens is 345 g/mol. The first-order chi connectivity index (χ1) is 6.09. The van der Waals surface area contributed by atoms with Crippen molar-refractivity contribution in [2.45, 2.75) is 11.2 Å². The van der Waals surface area contributed by atoms with Crippen LogP contribution in [0.15, 0.2) is 24.3 Å². The lowest BCUT2D eigenvalue weighted by atomic mass is 10.1. The molecule has 1 aromatic carbocycles. The number of hydrogen-bond acceptors (Lipinski definition) is 1. The number of halogens is 2. The number of carbonyl (C=O) groups excluding carboxylic acids is 1. The van der Waals surface area contributed by atoms with E-state index in [1.165, 1.54) is 3.57 Å². The molecule has 2 N–H and O–H groups in total. The van der Waals surface area contributed by atoms with Gasteiger partial charge in [-0.25, -0.2) is 0 Å². The van der Waals surface area contributed by atoms with Crippen molar-refractivity contribution in [1.29, 1.82) is 0 Å². The van der Waals surface area contributed by atoms with Crippen LogP contribution in [0, 0.1) is 3.57 Å². The van der Waals surface area contributed by atoms with Gasteiger partial charge in [0.25, 0.3) is 0 Å². The molecule has 1 aromatic rings. The lowest BCUT2D eigenvalue weighted by molar-refractivity contribution is -0.117. The van der Waals surface area contributed by atoms with Crippen LogP contribution in [-0.2, 0) is 11.2 Å². The van der Waals surface area contributed by atoms with Crippen LogP contribution in [0.3, 0.4) is 0 Å². The molecule has 1 unspecified atom stereocenters. The second-order valence-electron chi connectivity index (χ2n) is 2.70. The molecule has 0 saturated heterocycles. The number of primary amides is 1. The van der Waals surface area contributed by atoms with E-state index in [1.807, 2.05) is 24.3 Å². The highest BCUT2D eigenvalue weighted by atomic mass is 127. The van der Waals surface area contributed by atoms with E-state index in [0.717, 1.165) is 5.56 Å². The molecule has 0 saturated carbocycles. The van der Waals surface area contributed by atoms with Gasteiger partial charge in [0.05, 0.1) is 4.83 Å². The minimum Gasteiger partial charge on any atom is -0.369 e. The smallest absolute Gasteiger partial charge is 0.231 e. The quantitative estimate of drug-likeness (QED) is 0.656. The lowest BCUT2D eigenvalue weighted by Gasteiger charge is -2.05. The van der Waals surface area contributed by atoms with E-state index in [4.69, 9.17) is 5.73 Å². The Hall–Kier alpha value is -0.100. The Bertz CT molecular complexity index is 316. The summed E-state index contributed by atoms with van der Waals surface area (Å²) in [6, 6.07) is 8.01. The summed E-state index contributed by atoms with van der Waals surface area (Å²) in [7, 11) is 0. The van der Waals surface area contributed by atoms with Crippen LogP contribution in [0.4, 0.5) is 0 Å². The van der Waals surface area contributed by atoms with E-state index in [2.05, 4.69) is 38.5 Å². The first-order valence-electron chi connectivity index (χ1n) is 3.77. The highest BCUT2D eigenvalue weighted by Crippen LogP contribution is 2.12. The Morgan fingerprint density at radius 1 is 1.62 bits per heavy atom. The molecule has 1 rings (SSSR count). The number of carbonyl (C=O) groups is 1. The summed E-state index contributed by atoms with van der Waals surface area (Å²) in [5.74, 6) is -0.320. The van der Waals surface area contributed by atoms with E-state index in [1.54, 1.807) is 0 Å². The van der Waals surface area contributed by atoms with E-state index in [9.17, 15) is 4.79 Å². The third-order valence-corrected chi connectivity index (χ3v) is 3.06. The van der Waals surface area contributed by atoms with Gasteiger partial charge in [-0.1, -0.05) is 28.1 Å². The molecule has 0 bridgehead atoms. The van der Waals surface area contributed by atoms with Gasteiger partial charge in [-0.15, -0.1) is 0 Å². The van der Waals surface area contributed by atoms with Crippen molar-refractivity contribution in [2.75, 3.05) is 0 Å². The van der Waals surface area contributed by atoms with Gasteiger partial charge >= 0.3 is 0 Å². The summed E-state index contributed by atoms with van der Waals surface area (Å²) in [4.78, 5) is 10.5. The van der Waals surface area contributed by atoms with Crippen LogP contribution >= 0.6 is 38.5 Å². The van der Waals surface area contributed by atoms with Crippen molar-refractivity contribution >= 4 is 44.4 Å². The van der Waals surface area contributed by atoms with Gasteiger partial charge in [0.15, 0.2) is 0 Å². The number of rotatable bonds is 3. The molecule has 70 valence electrons.